The number of nitrogens with one attached hydrogen (secondary N) is 1. The number of aromatic nitrogens is 1. The van der Waals surface area contributed by atoms with Gasteiger partial charge in [0.05, 0.1) is 17.9 Å². The molecule has 0 radical (unpaired) electrons. The summed E-state index contributed by atoms with van der Waals surface area (Å²) in [5.41, 5.74) is 1.65. The van der Waals surface area contributed by atoms with E-state index in [9.17, 15) is 9.90 Å². The largest absolute Gasteiger partial charge is 0.472 e. The first-order chi connectivity index (χ1) is 10.2. The van der Waals surface area contributed by atoms with Crippen molar-refractivity contribution in [1.82, 2.24) is 10.3 Å². The zero-order valence-corrected chi connectivity index (χ0v) is 11.6. The zero-order chi connectivity index (χ0) is 14.7. The van der Waals surface area contributed by atoms with Crippen molar-refractivity contribution in [3.05, 3.63) is 54.2 Å². The molecule has 5 nitrogen and oxygen atoms in total. The van der Waals surface area contributed by atoms with Gasteiger partial charge in [-0.1, -0.05) is 0 Å². The van der Waals surface area contributed by atoms with Gasteiger partial charge in [0.25, 0.3) is 5.91 Å². The SMILES string of the molecule is O=C(N[C@H](Cc1ccncc1)C1CC(O)C1)c1ccoc1. The third-order valence-electron chi connectivity index (χ3n) is 4.02. The van der Waals surface area contributed by atoms with Crippen LogP contribution in [0.15, 0.2) is 47.5 Å². The molecule has 1 aliphatic carbocycles. The molecule has 2 heterocycles. The first kappa shape index (κ1) is 13.8. The van der Waals surface area contributed by atoms with Crippen LogP contribution in [0.3, 0.4) is 0 Å². The van der Waals surface area contributed by atoms with Crippen molar-refractivity contribution in [3.63, 3.8) is 0 Å². The second-order valence-electron chi connectivity index (χ2n) is 5.54. The van der Waals surface area contributed by atoms with E-state index in [1.165, 1.54) is 12.5 Å². The van der Waals surface area contributed by atoms with Gasteiger partial charge in [-0.15, -0.1) is 0 Å². The number of nitrogens with zero attached hydrogens (tertiary/aromatic N) is 1. The lowest BCUT2D eigenvalue weighted by atomic mass is 9.75. The highest BCUT2D eigenvalue weighted by molar-refractivity contribution is 5.94. The minimum Gasteiger partial charge on any atom is -0.472 e. The Morgan fingerprint density at radius 1 is 1.38 bits per heavy atom. The second-order valence-corrected chi connectivity index (χ2v) is 5.54. The van der Waals surface area contributed by atoms with Crippen LogP contribution in [0.25, 0.3) is 0 Å². The minimum absolute atomic E-state index is 0.0122. The molecule has 1 fully saturated rings. The van der Waals surface area contributed by atoms with E-state index in [0.717, 1.165) is 24.8 Å². The Morgan fingerprint density at radius 3 is 2.76 bits per heavy atom. The molecule has 1 aliphatic rings. The molecule has 0 unspecified atom stereocenters. The van der Waals surface area contributed by atoms with Crippen LogP contribution in [0.1, 0.15) is 28.8 Å². The summed E-state index contributed by atoms with van der Waals surface area (Å²) in [7, 11) is 0. The summed E-state index contributed by atoms with van der Waals surface area (Å²) in [4.78, 5) is 16.2. The summed E-state index contributed by atoms with van der Waals surface area (Å²) in [5.74, 6) is 0.174. The monoisotopic (exact) mass is 286 g/mol. The quantitative estimate of drug-likeness (QED) is 0.878. The van der Waals surface area contributed by atoms with Crippen molar-refractivity contribution < 1.29 is 14.3 Å². The van der Waals surface area contributed by atoms with Gasteiger partial charge >= 0.3 is 0 Å². The molecule has 2 aromatic heterocycles. The maximum Gasteiger partial charge on any atom is 0.254 e. The highest BCUT2D eigenvalue weighted by Crippen LogP contribution is 2.31. The molecule has 3 rings (SSSR count). The molecule has 0 aliphatic heterocycles. The van der Waals surface area contributed by atoms with E-state index in [4.69, 9.17) is 4.42 Å². The summed E-state index contributed by atoms with van der Waals surface area (Å²) in [6.07, 6.45) is 8.40. The number of hydrogen-bond donors (Lipinski definition) is 2. The van der Waals surface area contributed by atoms with Crippen molar-refractivity contribution in [2.75, 3.05) is 0 Å². The normalized spacial score (nSPS) is 22.3. The van der Waals surface area contributed by atoms with E-state index in [0.29, 0.717) is 11.5 Å². The summed E-state index contributed by atoms with van der Waals surface area (Å²) >= 11 is 0. The number of aliphatic hydroxyl groups excluding tert-OH is 1. The van der Waals surface area contributed by atoms with Crippen LogP contribution in [-0.4, -0.2) is 28.1 Å². The lowest BCUT2D eigenvalue weighted by Gasteiger charge is -2.38. The van der Waals surface area contributed by atoms with Gasteiger partial charge in [-0.3, -0.25) is 9.78 Å². The van der Waals surface area contributed by atoms with Crippen molar-refractivity contribution in [3.8, 4) is 0 Å². The zero-order valence-electron chi connectivity index (χ0n) is 11.6. The number of aliphatic hydroxyl groups is 1. The fourth-order valence-corrected chi connectivity index (χ4v) is 2.71. The Kier molecular flexibility index (Phi) is 4.01. The third-order valence-corrected chi connectivity index (χ3v) is 4.02. The average Bonchev–Trinajstić information content (AvgIpc) is 2.98. The molecule has 1 atom stereocenters. The molecule has 1 saturated carbocycles. The van der Waals surface area contributed by atoms with Gasteiger partial charge in [-0.25, -0.2) is 0 Å². The first-order valence-electron chi connectivity index (χ1n) is 7.12. The fraction of sp³-hybridized carbons (Fsp3) is 0.375. The maximum atomic E-state index is 12.2. The Balaban J connectivity index is 1.69. The highest BCUT2D eigenvalue weighted by atomic mass is 16.3. The number of carbonyl (C=O) groups is 1. The van der Waals surface area contributed by atoms with E-state index < -0.39 is 0 Å². The minimum atomic E-state index is -0.235. The fourth-order valence-electron chi connectivity index (χ4n) is 2.71. The van der Waals surface area contributed by atoms with E-state index in [-0.39, 0.29) is 18.1 Å². The summed E-state index contributed by atoms with van der Waals surface area (Å²) in [6, 6.07) is 5.56. The van der Waals surface area contributed by atoms with Crippen LogP contribution in [0.4, 0.5) is 0 Å². The van der Waals surface area contributed by atoms with Crippen molar-refractivity contribution >= 4 is 5.91 Å². The molecule has 1 amide bonds. The van der Waals surface area contributed by atoms with E-state index in [2.05, 4.69) is 10.3 Å². The van der Waals surface area contributed by atoms with Crippen molar-refractivity contribution in [1.29, 1.82) is 0 Å². The van der Waals surface area contributed by atoms with Crippen molar-refractivity contribution in [2.24, 2.45) is 5.92 Å². The summed E-state index contributed by atoms with van der Waals surface area (Å²) in [6.45, 7) is 0. The van der Waals surface area contributed by atoms with Gasteiger partial charge in [0, 0.05) is 18.4 Å². The van der Waals surface area contributed by atoms with Crippen LogP contribution in [-0.2, 0) is 6.42 Å². The van der Waals surface area contributed by atoms with Gasteiger partial charge < -0.3 is 14.8 Å². The smallest absolute Gasteiger partial charge is 0.254 e. The number of rotatable bonds is 5. The van der Waals surface area contributed by atoms with Crippen LogP contribution < -0.4 is 5.32 Å². The number of hydrogen-bond acceptors (Lipinski definition) is 4. The molecule has 0 aromatic carbocycles. The maximum absolute atomic E-state index is 12.2. The van der Waals surface area contributed by atoms with Gasteiger partial charge in [-0.2, -0.15) is 0 Å². The number of furan rings is 1. The lowest BCUT2D eigenvalue weighted by molar-refractivity contribution is 0.0239. The van der Waals surface area contributed by atoms with Crippen LogP contribution in [0, 0.1) is 5.92 Å². The van der Waals surface area contributed by atoms with Gasteiger partial charge in [0.15, 0.2) is 0 Å². The van der Waals surface area contributed by atoms with Crippen LogP contribution in [0.2, 0.25) is 0 Å². The van der Waals surface area contributed by atoms with E-state index >= 15 is 0 Å². The summed E-state index contributed by atoms with van der Waals surface area (Å²) in [5, 5.41) is 12.6. The number of pyridine rings is 1. The van der Waals surface area contributed by atoms with Crippen molar-refractivity contribution in [2.45, 2.75) is 31.4 Å². The Labute approximate surface area is 123 Å². The topological polar surface area (TPSA) is 75.4 Å². The molecule has 110 valence electrons. The lowest BCUT2D eigenvalue weighted by Crippen LogP contribution is -2.48. The predicted molar refractivity (Wildman–Crippen MR) is 76.6 cm³/mol. The number of amides is 1. The molecule has 5 heteroatoms. The van der Waals surface area contributed by atoms with E-state index in [1.807, 2.05) is 12.1 Å². The van der Waals surface area contributed by atoms with Gasteiger partial charge in [0.1, 0.15) is 6.26 Å². The van der Waals surface area contributed by atoms with Gasteiger partial charge in [-0.05, 0) is 48.9 Å². The molecular formula is C16H18N2O3. The second kappa shape index (κ2) is 6.10. The van der Waals surface area contributed by atoms with Crippen LogP contribution in [0.5, 0.6) is 0 Å². The first-order valence-corrected chi connectivity index (χ1v) is 7.12. The molecule has 0 bridgehead atoms. The Morgan fingerprint density at radius 2 is 2.14 bits per heavy atom. The molecule has 0 spiro atoms. The van der Waals surface area contributed by atoms with E-state index in [1.54, 1.807) is 18.5 Å². The third kappa shape index (κ3) is 3.31. The highest BCUT2D eigenvalue weighted by Gasteiger charge is 2.34. The molecule has 2 aromatic rings. The standard InChI is InChI=1S/C16H18N2O3/c19-14-8-13(9-14)15(7-11-1-4-17-5-2-11)18-16(20)12-3-6-21-10-12/h1-6,10,13-15,19H,7-9H2,(H,18,20)/t13?,14?,15-/m1/s1. The molecule has 0 saturated heterocycles. The molecular weight excluding hydrogens is 268 g/mol. The Hall–Kier alpha value is -2.14. The van der Waals surface area contributed by atoms with Crippen LogP contribution >= 0.6 is 0 Å². The molecule has 21 heavy (non-hydrogen) atoms. The Bertz CT molecular complexity index is 577. The van der Waals surface area contributed by atoms with Gasteiger partial charge in [0.2, 0.25) is 0 Å². The molecule has 2 N–H and O–H groups in total. The summed E-state index contributed by atoms with van der Waals surface area (Å²) < 4.78 is 4.94. The predicted octanol–water partition coefficient (Wildman–Crippen LogP) is 1.79. The number of carbonyl (C=O) groups excluding carboxylic acids is 1. The average molecular weight is 286 g/mol.